The molecule has 5 nitrogen and oxygen atoms in total. The van der Waals surface area contributed by atoms with Gasteiger partial charge in [-0.1, -0.05) is 18.2 Å². The Balaban J connectivity index is 2.84. The molecule has 0 aromatic heterocycles. The van der Waals surface area contributed by atoms with E-state index >= 15 is 0 Å². The van der Waals surface area contributed by atoms with Crippen molar-refractivity contribution >= 4 is 23.6 Å². The van der Waals surface area contributed by atoms with Gasteiger partial charge in [-0.05, 0) is 17.7 Å². The lowest BCUT2D eigenvalue weighted by atomic mass is 10.1. The minimum atomic E-state index is -0.481. The molecule has 1 aromatic rings. The second-order valence-corrected chi connectivity index (χ2v) is 3.05. The lowest BCUT2D eigenvalue weighted by Gasteiger charge is -2.03. The molecule has 0 atom stereocenters. The van der Waals surface area contributed by atoms with Gasteiger partial charge in [-0.15, -0.1) is 0 Å². The number of benzene rings is 1. The normalized spacial score (nSPS) is 10.1. The fourth-order valence-corrected chi connectivity index (χ4v) is 1.20. The number of hydrogen-bond donors (Lipinski definition) is 3. The van der Waals surface area contributed by atoms with Crippen LogP contribution < -0.4 is 16.8 Å². The van der Waals surface area contributed by atoms with Crippen LogP contribution in [0.3, 0.4) is 0 Å². The van der Waals surface area contributed by atoms with Crippen molar-refractivity contribution < 1.29 is 4.79 Å². The van der Waals surface area contributed by atoms with Gasteiger partial charge < -0.3 is 16.8 Å². The minimum Gasteiger partial charge on any atom is -0.388 e. The quantitative estimate of drug-likeness (QED) is 0.392. The minimum absolute atomic E-state index is 0.239. The smallest absolute Gasteiger partial charge is 0.272 e. The molecular weight excluding hydrogens is 204 g/mol. The predicted molar refractivity (Wildman–Crippen MR) is 65.8 cm³/mol. The van der Waals surface area contributed by atoms with E-state index < -0.39 is 5.91 Å². The first kappa shape index (κ1) is 11.8. The van der Waals surface area contributed by atoms with Crippen molar-refractivity contribution in [3.63, 3.8) is 0 Å². The van der Waals surface area contributed by atoms with Gasteiger partial charge in [-0.25, -0.2) is 0 Å². The summed E-state index contributed by atoms with van der Waals surface area (Å²) in [5.41, 5.74) is 12.0. The van der Waals surface area contributed by atoms with E-state index in [1.165, 1.54) is 6.08 Å². The molecule has 5 N–H and O–H groups in total. The number of hydrogen-bond acceptors (Lipinski definition) is 2. The molecule has 0 heterocycles. The first-order chi connectivity index (χ1) is 7.63. The van der Waals surface area contributed by atoms with Crippen LogP contribution in [0.25, 0.3) is 6.08 Å². The molecule has 16 heavy (non-hydrogen) atoms. The summed E-state index contributed by atoms with van der Waals surface area (Å²) in [4.78, 5) is 14.5. The Morgan fingerprint density at radius 2 is 2.06 bits per heavy atom. The SMILES string of the molecule is CNc1ccccc1/C=C/C(=O)N=C(N)N. The molecule has 1 amide bonds. The molecule has 0 aliphatic rings. The molecule has 84 valence electrons. The number of rotatable bonds is 3. The summed E-state index contributed by atoms with van der Waals surface area (Å²) in [6.07, 6.45) is 2.97. The fourth-order valence-electron chi connectivity index (χ4n) is 1.20. The van der Waals surface area contributed by atoms with Crippen LogP contribution in [0.2, 0.25) is 0 Å². The van der Waals surface area contributed by atoms with Crippen LogP contribution in [-0.2, 0) is 4.79 Å². The van der Waals surface area contributed by atoms with Gasteiger partial charge in [0.25, 0.3) is 5.91 Å². The number of anilines is 1. The lowest BCUT2D eigenvalue weighted by molar-refractivity contribution is -0.113. The van der Waals surface area contributed by atoms with Gasteiger partial charge in [0, 0.05) is 18.8 Å². The van der Waals surface area contributed by atoms with Crippen LogP contribution in [0, 0.1) is 0 Å². The Morgan fingerprint density at radius 1 is 1.38 bits per heavy atom. The van der Waals surface area contributed by atoms with Gasteiger partial charge in [0.1, 0.15) is 0 Å². The van der Waals surface area contributed by atoms with Crippen LogP contribution in [0.1, 0.15) is 5.56 Å². The molecule has 0 fully saturated rings. The summed E-state index contributed by atoms with van der Waals surface area (Å²) >= 11 is 0. The Labute approximate surface area is 93.9 Å². The number of amides is 1. The topological polar surface area (TPSA) is 93.5 Å². The second-order valence-electron chi connectivity index (χ2n) is 3.05. The Bertz CT molecular complexity index is 433. The molecule has 0 radical (unpaired) electrons. The van der Waals surface area contributed by atoms with Gasteiger partial charge >= 0.3 is 0 Å². The number of guanidine groups is 1. The first-order valence-corrected chi connectivity index (χ1v) is 4.72. The highest BCUT2D eigenvalue weighted by Crippen LogP contribution is 2.15. The van der Waals surface area contributed by atoms with E-state index in [4.69, 9.17) is 11.5 Å². The standard InChI is InChI=1S/C11H14N4O/c1-14-9-5-3-2-4-8(9)6-7-10(16)15-11(12)13/h2-7,14H,1H3,(H4,12,13,15,16)/b7-6+. The summed E-state index contributed by atoms with van der Waals surface area (Å²) in [7, 11) is 1.81. The monoisotopic (exact) mass is 218 g/mol. The molecular formula is C11H14N4O. The summed E-state index contributed by atoms with van der Waals surface area (Å²) < 4.78 is 0. The average molecular weight is 218 g/mol. The number of aliphatic imine (C=N–C) groups is 1. The van der Waals surface area contributed by atoms with E-state index in [9.17, 15) is 4.79 Å². The molecule has 1 aromatic carbocycles. The predicted octanol–water partition coefficient (Wildman–Crippen LogP) is 0.542. The van der Waals surface area contributed by atoms with Crippen LogP contribution >= 0.6 is 0 Å². The Morgan fingerprint density at radius 3 is 2.69 bits per heavy atom. The van der Waals surface area contributed by atoms with E-state index in [1.54, 1.807) is 6.08 Å². The van der Waals surface area contributed by atoms with Crippen LogP contribution in [0.15, 0.2) is 35.3 Å². The first-order valence-electron chi connectivity index (χ1n) is 4.72. The second kappa shape index (κ2) is 5.55. The van der Waals surface area contributed by atoms with Gasteiger partial charge in [-0.3, -0.25) is 4.79 Å². The number of nitrogens with two attached hydrogens (primary N) is 2. The summed E-state index contributed by atoms with van der Waals surface area (Å²) in [6.45, 7) is 0. The fraction of sp³-hybridized carbons (Fsp3) is 0.0909. The number of nitrogens with zero attached hydrogens (tertiary/aromatic N) is 1. The highest BCUT2D eigenvalue weighted by Gasteiger charge is 1.96. The van der Waals surface area contributed by atoms with Crippen molar-refractivity contribution in [2.75, 3.05) is 12.4 Å². The maximum atomic E-state index is 11.2. The highest BCUT2D eigenvalue weighted by molar-refractivity contribution is 6.00. The summed E-state index contributed by atoms with van der Waals surface area (Å²) in [6, 6.07) is 7.57. The van der Waals surface area contributed by atoms with Crippen molar-refractivity contribution in [3.8, 4) is 0 Å². The Hall–Kier alpha value is -2.30. The lowest BCUT2D eigenvalue weighted by Crippen LogP contribution is -2.23. The zero-order valence-corrected chi connectivity index (χ0v) is 8.97. The van der Waals surface area contributed by atoms with Crippen molar-refractivity contribution in [3.05, 3.63) is 35.9 Å². The maximum Gasteiger partial charge on any atom is 0.272 e. The van der Waals surface area contributed by atoms with Crippen molar-refractivity contribution in [1.82, 2.24) is 0 Å². The van der Waals surface area contributed by atoms with Crippen molar-refractivity contribution in [2.45, 2.75) is 0 Å². The van der Waals surface area contributed by atoms with Gasteiger partial charge in [0.2, 0.25) is 0 Å². The van der Waals surface area contributed by atoms with E-state index in [2.05, 4.69) is 10.3 Å². The summed E-state index contributed by atoms with van der Waals surface area (Å²) in [5, 5.41) is 3.01. The zero-order chi connectivity index (χ0) is 12.0. The third-order valence-corrected chi connectivity index (χ3v) is 1.87. The molecule has 5 heteroatoms. The molecule has 0 saturated carbocycles. The molecule has 0 saturated heterocycles. The number of para-hydroxylation sites is 1. The highest BCUT2D eigenvalue weighted by atomic mass is 16.1. The van der Waals surface area contributed by atoms with Crippen LogP contribution in [0.4, 0.5) is 5.69 Å². The van der Waals surface area contributed by atoms with E-state index in [0.29, 0.717) is 0 Å². The molecule has 0 unspecified atom stereocenters. The number of nitrogens with one attached hydrogen (secondary N) is 1. The number of carbonyl (C=O) groups excluding carboxylic acids is 1. The molecule has 0 aliphatic carbocycles. The van der Waals surface area contributed by atoms with Gasteiger partial charge in [0.05, 0.1) is 0 Å². The van der Waals surface area contributed by atoms with E-state index in [1.807, 2.05) is 31.3 Å². The summed E-state index contributed by atoms with van der Waals surface area (Å²) in [5.74, 6) is -0.720. The van der Waals surface area contributed by atoms with E-state index in [0.717, 1.165) is 11.3 Å². The van der Waals surface area contributed by atoms with Gasteiger partial charge in [-0.2, -0.15) is 4.99 Å². The average Bonchev–Trinajstić information content (AvgIpc) is 2.26. The van der Waals surface area contributed by atoms with Crippen LogP contribution in [0.5, 0.6) is 0 Å². The van der Waals surface area contributed by atoms with E-state index in [-0.39, 0.29) is 5.96 Å². The molecule has 0 bridgehead atoms. The van der Waals surface area contributed by atoms with Crippen molar-refractivity contribution in [1.29, 1.82) is 0 Å². The largest absolute Gasteiger partial charge is 0.388 e. The van der Waals surface area contributed by atoms with Crippen LogP contribution in [-0.4, -0.2) is 18.9 Å². The van der Waals surface area contributed by atoms with Crippen molar-refractivity contribution in [2.24, 2.45) is 16.5 Å². The third-order valence-electron chi connectivity index (χ3n) is 1.87. The zero-order valence-electron chi connectivity index (χ0n) is 8.97. The number of carbonyl (C=O) groups is 1. The molecule has 0 spiro atoms. The maximum absolute atomic E-state index is 11.2. The molecule has 1 rings (SSSR count). The third kappa shape index (κ3) is 3.45. The Kier molecular flexibility index (Phi) is 4.08. The molecule has 0 aliphatic heterocycles. The van der Waals surface area contributed by atoms with Gasteiger partial charge in [0.15, 0.2) is 5.96 Å².